The molecule has 3 aromatic carbocycles. The van der Waals surface area contributed by atoms with Gasteiger partial charge >= 0.3 is 0 Å². The molecule has 1 saturated carbocycles. The number of carbonyl (C=O) groups excluding carboxylic acids is 7. The fraction of sp³-hybridized carbons (Fsp3) is 0.411. The molecule has 1 fully saturated rings. The van der Waals surface area contributed by atoms with Gasteiger partial charge in [-0.3, -0.25) is 48.4 Å². The summed E-state index contributed by atoms with van der Waals surface area (Å²) in [5.41, 5.74) is 5.37. The lowest BCUT2D eigenvalue weighted by molar-refractivity contribution is -0.137. The second-order valence-corrected chi connectivity index (χ2v) is 20.8. The third-order valence-electron chi connectivity index (χ3n) is 14.2. The van der Waals surface area contributed by atoms with E-state index >= 15 is 0 Å². The van der Waals surface area contributed by atoms with Crippen LogP contribution in [0.1, 0.15) is 105 Å². The molecule has 19 nitrogen and oxygen atoms in total. The zero-order valence-corrected chi connectivity index (χ0v) is 44.6. The van der Waals surface area contributed by atoms with E-state index in [2.05, 4.69) is 36.9 Å². The van der Waals surface area contributed by atoms with Crippen LogP contribution in [0.4, 0.5) is 17.1 Å². The fourth-order valence-corrected chi connectivity index (χ4v) is 10.1. The number of nitrogens with one attached hydrogen (secondary N) is 3. The zero-order chi connectivity index (χ0) is 53.8. The predicted octanol–water partition coefficient (Wildman–Crippen LogP) is 7.54. The number of anilines is 1. The maximum Gasteiger partial charge on any atom is 0.267 e. The SMILES string of the molecule is COc1cc2c(cc1OCCCOc1cc3c(cc1OC)C(=O)N1C=C(C4CC4)C[C@@H]1C=N3)N=CC1CC(c3ccc(NC(=O)C(C)NC(=O)C(NC(=O)CCCCCN4C(=O)C=C(Br)C4=O)C(C)C)cc3)=CN1C2=O. The van der Waals surface area contributed by atoms with Crippen LogP contribution in [0.3, 0.4) is 0 Å². The molecule has 398 valence electrons. The zero-order valence-electron chi connectivity index (χ0n) is 43.1. The highest BCUT2D eigenvalue weighted by Crippen LogP contribution is 2.45. The molecule has 0 bridgehead atoms. The molecule has 3 N–H and O–H groups in total. The van der Waals surface area contributed by atoms with E-state index in [9.17, 15) is 33.6 Å². The van der Waals surface area contributed by atoms with Crippen LogP contribution in [0, 0.1) is 11.8 Å². The Morgan fingerprint density at radius 2 is 1.32 bits per heavy atom. The highest BCUT2D eigenvalue weighted by Gasteiger charge is 2.39. The Balaban J connectivity index is 0.734. The monoisotopic (exact) mass is 1100 g/mol. The number of methoxy groups -OCH3 is 2. The largest absolute Gasteiger partial charge is 0.493 e. The number of nitrogens with zero attached hydrogens (tertiary/aromatic N) is 5. The van der Waals surface area contributed by atoms with Crippen molar-refractivity contribution in [1.29, 1.82) is 0 Å². The number of amides is 7. The Kier molecular flexibility index (Phi) is 16.2. The number of fused-ring (bicyclic) bond motifs is 4. The summed E-state index contributed by atoms with van der Waals surface area (Å²) in [4.78, 5) is 105. The molecular formula is C56H61BrN8O11. The number of unbranched alkanes of at least 4 members (excludes halogenated alkanes) is 2. The second-order valence-electron chi connectivity index (χ2n) is 19.9. The van der Waals surface area contributed by atoms with Crippen LogP contribution in [0.25, 0.3) is 5.57 Å². The minimum atomic E-state index is -0.924. The van der Waals surface area contributed by atoms with Crippen molar-refractivity contribution in [1.82, 2.24) is 25.3 Å². The molecule has 9 rings (SSSR count). The minimum Gasteiger partial charge on any atom is -0.493 e. The number of halogens is 1. The van der Waals surface area contributed by atoms with E-state index in [4.69, 9.17) is 23.9 Å². The van der Waals surface area contributed by atoms with Crippen molar-refractivity contribution in [3.63, 3.8) is 0 Å². The first kappa shape index (κ1) is 53.2. The van der Waals surface area contributed by atoms with Gasteiger partial charge in [0.05, 0.1) is 66.5 Å². The van der Waals surface area contributed by atoms with E-state index in [1.54, 1.807) is 73.2 Å². The molecule has 0 radical (unpaired) electrons. The quantitative estimate of drug-likeness (QED) is 0.0658. The average molecular weight is 1100 g/mol. The van der Waals surface area contributed by atoms with Crippen LogP contribution in [0.15, 0.2) is 87.0 Å². The Morgan fingerprint density at radius 1 is 0.711 bits per heavy atom. The number of rotatable bonds is 22. The van der Waals surface area contributed by atoms with Gasteiger partial charge < -0.3 is 44.7 Å². The molecule has 0 saturated heterocycles. The number of ether oxygens (including phenoxy) is 4. The van der Waals surface area contributed by atoms with Gasteiger partial charge in [0.1, 0.15) is 12.1 Å². The molecule has 0 spiro atoms. The standard InChI is InChI=1S/C56H61BrN8O11/c1-31(2)51(62-49(66)10-7-6-8-17-63-50(67)24-42(57)56(63)72)53(69)60-32(3)52(68)61-37-15-13-34(14-16-37)36-21-39-28-59-44-26-48(46(74-5)23-41(44)55(71)65(39)30-36)76-19-9-18-75-47-25-43-40(22-45(47)73-4)54(70)64-29-35(33-11-12-33)20-38(64)27-58-43/h13-16,22-33,38-39,51H,6-12,17-21H2,1-5H3,(H,60,69)(H,61,68)(H,62,66)/t32?,38-,39?,51?/m1/s1. The molecule has 1 aliphatic carbocycles. The van der Waals surface area contributed by atoms with E-state index in [1.807, 2.05) is 30.7 Å². The van der Waals surface area contributed by atoms with E-state index in [1.165, 1.54) is 38.7 Å². The molecule has 5 heterocycles. The molecule has 3 aromatic rings. The highest BCUT2D eigenvalue weighted by atomic mass is 79.9. The van der Waals surface area contributed by atoms with Gasteiger partial charge in [-0.05, 0) is 108 Å². The van der Waals surface area contributed by atoms with Crippen molar-refractivity contribution >= 4 is 92.3 Å². The first-order valence-corrected chi connectivity index (χ1v) is 26.5. The lowest BCUT2D eigenvalue weighted by Gasteiger charge is -2.24. The smallest absolute Gasteiger partial charge is 0.267 e. The van der Waals surface area contributed by atoms with Crippen LogP contribution in [0.2, 0.25) is 0 Å². The Hall–Kier alpha value is -7.61. The molecular weight excluding hydrogens is 1040 g/mol. The third kappa shape index (κ3) is 11.8. The fourth-order valence-electron chi connectivity index (χ4n) is 9.71. The minimum absolute atomic E-state index is 0.0918. The molecule has 6 aliphatic rings. The summed E-state index contributed by atoms with van der Waals surface area (Å²) in [6.07, 6.45) is 14.6. The van der Waals surface area contributed by atoms with Crippen molar-refractivity contribution in [2.24, 2.45) is 21.8 Å². The predicted molar refractivity (Wildman–Crippen MR) is 287 cm³/mol. The molecule has 7 amide bonds. The van der Waals surface area contributed by atoms with Gasteiger partial charge in [0.15, 0.2) is 23.0 Å². The van der Waals surface area contributed by atoms with Crippen molar-refractivity contribution in [3.05, 3.63) is 93.8 Å². The van der Waals surface area contributed by atoms with Crippen LogP contribution in [-0.2, 0) is 24.0 Å². The molecule has 76 heavy (non-hydrogen) atoms. The van der Waals surface area contributed by atoms with Gasteiger partial charge in [-0.25, -0.2) is 0 Å². The van der Waals surface area contributed by atoms with Crippen molar-refractivity contribution in [2.75, 3.05) is 39.3 Å². The molecule has 0 aromatic heterocycles. The molecule has 4 atom stereocenters. The number of carbonyl (C=O) groups is 7. The topological polar surface area (TPSA) is 227 Å². The lowest BCUT2D eigenvalue weighted by atomic mass is 10.0. The number of imide groups is 1. The Bertz CT molecular complexity index is 3000. The summed E-state index contributed by atoms with van der Waals surface area (Å²) in [7, 11) is 3.05. The number of aliphatic imine (C=N–C) groups is 2. The summed E-state index contributed by atoms with van der Waals surface area (Å²) in [5.74, 6) is -0.329. The van der Waals surface area contributed by atoms with E-state index in [-0.39, 0.29) is 78.2 Å². The average Bonchev–Trinajstić information content (AvgIpc) is 4.05. The van der Waals surface area contributed by atoms with Crippen molar-refractivity contribution < 1.29 is 52.5 Å². The van der Waals surface area contributed by atoms with Gasteiger partial charge in [0.25, 0.3) is 23.6 Å². The number of hydrogen-bond acceptors (Lipinski definition) is 13. The maximum atomic E-state index is 14.1. The Labute approximate surface area is 448 Å². The molecule has 5 aliphatic heterocycles. The first-order chi connectivity index (χ1) is 36.6. The van der Waals surface area contributed by atoms with Gasteiger partial charge in [-0.2, -0.15) is 0 Å². The lowest BCUT2D eigenvalue weighted by Crippen LogP contribution is -2.53. The van der Waals surface area contributed by atoms with Crippen molar-refractivity contribution in [3.8, 4) is 23.0 Å². The summed E-state index contributed by atoms with van der Waals surface area (Å²) in [6, 6.07) is 11.7. The van der Waals surface area contributed by atoms with Crippen LogP contribution in [-0.4, -0.2) is 127 Å². The molecule has 20 heteroatoms. The maximum absolute atomic E-state index is 14.1. The van der Waals surface area contributed by atoms with Crippen LogP contribution >= 0.6 is 15.9 Å². The van der Waals surface area contributed by atoms with Crippen LogP contribution in [0.5, 0.6) is 23.0 Å². The van der Waals surface area contributed by atoms with Crippen LogP contribution < -0.4 is 34.9 Å². The highest BCUT2D eigenvalue weighted by molar-refractivity contribution is 9.12. The Morgan fingerprint density at radius 3 is 1.88 bits per heavy atom. The molecule has 3 unspecified atom stereocenters. The summed E-state index contributed by atoms with van der Waals surface area (Å²) < 4.78 is 23.8. The van der Waals surface area contributed by atoms with Gasteiger partial charge in [0, 0.05) is 74.5 Å². The number of benzene rings is 3. The number of hydrogen-bond donors (Lipinski definition) is 3. The summed E-state index contributed by atoms with van der Waals surface area (Å²) in [5, 5.41) is 8.34. The summed E-state index contributed by atoms with van der Waals surface area (Å²) in [6.45, 7) is 5.96. The normalized spacial score (nSPS) is 19.1. The first-order valence-electron chi connectivity index (χ1n) is 25.7. The second kappa shape index (κ2) is 23.1. The third-order valence-corrected chi connectivity index (χ3v) is 14.7. The van der Waals surface area contributed by atoms with Crippen molar-refractivity contribution in [2.45, 2.75) is 103 Å². The van der Waals surface area contributed by atoms with Gasteiger partial charge in [0.2, 0.25) is 17.7 Å². The van der Waals surface area contributed by atoms with E-state index < -0.39 is 23.9 Å². The summed E-state index contributed by atoms with van der Waals surface area (Å²) >= 11 is 3.08. The van der Waals surface area contributed by atoms with Gasteiger partial charge in [-0.1, -0.05) is 32.4 Å². The van der Waals surface area contributed by atoms with E-state index in [0.29, 0.717) is 89.2 Å². The van der Waals surface area contributed by atoms with Gasteiger partial charge in [-0.15, -0.1) is 0 Å². The van der Waals surface area contributed by atoms with E-state index in [0.717, 1.165) is 22.5 Å².